The number of nitrogens with zero attached hydrogens (tertiary/aromatic N) is 2. The summed E-state index contributed by atoms with van der Waals surface area (Å²) >= 11 is 12.1. The van der Waals surface area contributed by atoms with Crippen molar-refractivity contribution < 1.29 is 19.6 Å². The summed E-state index contributed by atoms with van der Waals surface area (Å²) in [6.07, 6.45) is 1.49. The lowest BCUT2D eigenvalue weighted by atomic mass is 10.1. The summed E-state index contributed by atoms with van der Waals surface area (Å²) in [4.78, 5) is 35.6. The van der Waals surface area contributed by atoms with Crippen LogP contribution in [0.2, 0.25) is 5.02 Å². The molecule has 0 atom stereocenters. The van der Waals surface area contributed by atoms with Crippen LogP contribution in [0.1, 0.15) is 15.9 Å². The molecule has 0 unspecified atom stereocenters. The molecule has 0 aromatic heterocycles. The van der Waals surface area contributed by atoms with Crippen molar-refractivity contribution >= 4 is 69.2 Å². The van der Waals surface area contributed by atoms with Gasteiger partial charge in [0, 0.05) is 6.07 Å². The van der Waals surface area contributed by atoms with Crippen LogP contribution in [0.15, 0.2) is 47.4 Å². The molecule has 136 valence electrons. The Morgan fingerprint density at radius 3 is 2.52 bits per heavy atom. The predicted octanol–water partition coefficient (Wildman–Crippen LogP) is 4.35. The van der Waals surface area contributed by atoms with Crippen LogP contribution in [0.5, 0.6) is 0 Å². The summed E-state index contributed by atoms with van der Waals surface area (Å²) in [5.74, 6) is -1.47. The number of thiocarbonyl (C=S) groups is 1. The Hall–Kier alpha value is -2.75. The molecule has 0 aliphatic carbocycles. The fraction of sp³-hybridized carbons (Fsp3) is 0. The molecular weight excluding hydrogens is 412 g/mol. The second-order valence-electron chi connectivity index (χ2n) is 5.34. The first-order chi connectivity index (χ1) is 12.8. The lowest BCUT2D eigenvalue weighted by molar-refractivity contribution is -0.384. The van der Waals surface area contributed by atoms with Crippen LogP contribution < -0.4 is 4.90 Å². The van der Waals surface area contributed by atoms with E-state index in [-0.39, 0.29) is 20.6 Å². The number of hydrogen-bond donors (Lipinski definition) is 1. The Morgan fingerprint density at radius 2 is 1.93 bits per heavy atom. The Bertz CT molecular complexity index is 1020. The molecule has 7 nitrogen and oxygen atoms in total. The number of halogens is 1. The minimum atomic E-state index is -1.07. The van der Waals surface area contributed by atoms with Gasteiger partial charge in [-0.1, -0.05) is 41.6 Å². The number of carboxylic acids is 1. The molecule has 1 saturated heterocycles. The molecule has 1 aliphatic heterocycles. The zero-order valence-corrected chi connectivity index (χ0v) is 15.7. The van der Waals surface area contributed by atoms with Gasteiger partial charge >= 0.3 is 5.97 Å². The van der Waals surface area contributed by atoms with Gasteiger partial charge in [-0.15, -0.1) is 0 Å². The molecule has 0 bridgehead atoms. The van der Waals surface area contributed by atoms with Crippen LogP contribution in [-0.4, -0.2) is 26.2 Å². The second-order valence-corrected chi connectivity index (χ2v) is 7.42. The summed E-state index contributed by atoms with van der Waals surface area (Å²) in [5.41, 5.74) is 0.708. The molecule has 10 heteroatoms. The van der Waals surface area contributed by atoms with E-state index in [0.29, 0.717) is 16.2 Å². The quantitative estimate of drug-likeness (QED) is 0.339. The third-order valence-corrected chi connectivity index (χ3v) is 5.25. The molecule has 0 spiro atoms. The van der Waals surface area contributed by atoms with Crippen molar-refractivity contribution in [2.24, 2.45) is 0 Å². The van der Waals surface area contributed by atoms with Gasteiger partial charge in [0.2, 0.25) is 0 Å². The Labute approximate surface area is 167 Å². The first-order valence-corrected chi connectivity index (χ1v) is 8.93. The van der Waals surface area contributed by atoms with E-state index in [1.165, 1.54) is 47.4 Å². The number of benzene rings is 2. The van der Waals surface area contributed by atoms with Crippen molar-refractivity contribution in [1.82, 2.24) is 0 Å². The van der Waals surface area contributed by atoms with Gasteiger partial charge in [-0.3, -0.25) is 19.8 Å². The Kier molecular flexibility index (Phi) is 5.26. The van der Waals surface area contributed by atoms with Crippen LogP contribution >= 0.6 is 35.6 Å². The highest BCUT2D eigenvalue weighted by molar-refractivity contribution is 8.27. The number of aromatic carboxylic acids is 1. The summed E-state index contributed by atoms with van der Waals surface area (Å²) in [6, 6.07) is 9.95. The molecule has 1 heterocycles. The molecule has 1 amide bonds. The van der Waals surface area contributed by atoms with Crippen LogP contribution in [0.3, 0.4) is 0 Å². The van der Waals surface area contributed by atoms with E-state index in [1.807, 2.05) is 0 Å². The molecule has 0 radical (unpaired) electrons. The fourth-order valence-corrected chi connectivity index (χ4v) is 3.84. The highest BCUT2D eigenvalue weighted by Gasteiger charge is 2.33. The monoisotopic (exact) mass is 420 g/mol. The second kappa shape index (κ2) is 7.47. The number of anilines is 1. The standard InChI is InChI=1S/C17H9ClN2O5S2/c18-12-6-1-9(7-13(12)20(24)25)8-14-15(21)19(17(26)27-14)11-4-2-10(3-5-11)16(22)23/h1-8H,(H,22,23)/b14-8-. The van der Waals surface area contributed by atoms with E-state index in [4.69, 9.17) is 28.9 Å². The largest absolute Gasteiger partial charge is 0.478 e. The molecule has 3 rings (SSSR count). The maximum absolute atomic E-state index is 12.7. The van der Waals surface area contributed by atoms with Crippen LogP contribution in [0.25, 0.3) is 6.08 Å². The lowest BCUT2D eigenvalue weighted by Gasteiger charge is -2.14. The van der Waals surface area contributed by atoms with Crippen LogP contribution in [-0.2, 0) is 4.79 Å². The van der Waals surface area contributed by atoms with Gasteiger partial charge in [0.1, 0.15) is 5.02 Å². The third kappa shape index (κ3) is 3.85. The van der Waals surface area contributed by atoms with E-state index in [9.17, 15) is 19.7 Å². The number of amides is 1. The van der Waals surface area contributed by atoms with Crippen molar-refractivity contribution in [3.05, 3.63) is 73.6 Å². The number of nitro benzene ring substituents is 1. The number of thioether (sulfide) groups is 1. The van der Waals surface area contributed by atoms with E-state index < -0.39 is 16.8 Å². The number of nitro groups is 1. The van der Waals surface area contributed by atoms with Gasteiger partial charge in [0.05, 0.1) is 21.1 Å². The number of carboxylic acid groups (broad SMARTS) is 1. The number of carbonyl (C=O) groups is 2. The average Bonchev–Trinajstić information content (AvgIpc) is 2.90. The zero-order chi connectivity index (χ0) is 19.7. The minimum absolute atomic E-state index is 0.00298. The number of carbonyl (C=O) groups excluding carboxylic acids is 1. The highest BCUT2D eigenvalue weighted by Crippen LogP contribution is 2.36. The smallest absolute Gasteiger partial charge is 0.335 e. The average molecular weight is 421 g/mol. The summed E-state index contributed by atoms with van der Waals surface area (Å²) in [7, 11) is 0. The molecule has 1 N–H and O–H groups in total. The molecule has 1 fully saturated rings. The Balaban J connectivity index is 1.92. The SMILES string of the molecule is O=C(O)c1ccc(N2C(=O)/C(=C/c3ccc(Cl)c([N+](=O)[O-])c3)SC2=S)cc1. The maximum atomic E-state index is 12.7. The van der Waals surface area contributed by atoms with E-state index in [2.05, 4.69) is 0 Å². The van der Waals surface area contributed by atoms with Crippen molar-refractivity contribution in [3.8, 4) is 0 Å². The first-order valence-electron chi connectivity index (χ1n) is 7.33. The van der Waals surface area contributed by atoms with Crippen molar-refractivity contribution in [3.63, 3.8) is 0 Å². The first kappa shape index (κ1) is 19.0. The fourth-order valence-electron chi connectivity index (χ4n) is 2.35. The zero-order valence-electron chi connectivity index (χ0n) is 13.3. The van der Waals surface area contributed by atoms with Gasteiger partial charge in [-0.25, -0.2) is 4.79 Å². The Morgan fingerprint density at radius 1 is 1.26 bits per heavy atom. The topological polar surface area (TPSA) is 101 Å². The maximum Gasteiger partial charge on any atom is 0.335 e. The normalized spacial score (nSPS) is 15.4. The predicted molar refractivity (Wildman–Crippen MR) is 107 cm³/mol. The van der Waals surface area contributed by atoms with Crippen LogP contribution in [0, 0.1) is 10.1 Å². The summed E-state index contributed by atoms with van der Waals surface area (Å²) in [6.45, 7) is 0. The molecule has 2 aromatic rings. The van der Waals surface area contributed by atoms with Crippen LogP contribution in [0.4, 0.5) is 11.4 Å². The van der Waals surface area contributed by atoms with E-state index in [1.54, 1.807) is 6.07 Å². The third-order valence-electron chi connectivity index (χ3n) is 3.63. The van der Waals surface area contributed by atoms with Gasteiger partial charge < -0.3 is 5.11 Å². The van der Waals surface area contributed by atoms with Gasteiger partial charge in [-0.2, -0.15) is 0 Å². The number of hydrogen-bond acceptors (Lipinski definition) is 6. The lowest BCUT2D eigenvalue weighted by Crippen LogP contribution is -2.27. The van der Waals surface area contributed by atoms with E-state index >= 15 is 0 Å². The van der Waals surface area contributed by atoms with Crippen molar-refractivity contribution in [2.45, 2.75) is 0 Å². The molecule has 0 saturated carbocycles. The molecule has 27 heavy (non-hydrogen) atoms. The minimum Gasteiger partial charge on any atom is -0.478 e. The van der Waals surface area contributed by atoms with Gasteiger partial charge in [0.25, 0.3) is 11.6 Å². The molecule has 1 aliphatic rings. The van der Waals surface area contributed by atoms with Crippen molar-refractivity contribution in [1.29, 1.82) is 0 Å². The molecular formula is C17H9ClN2O5S2. The molecule has 2 aromatic carbocycles. The van der Waals surface area contributed by atoms with Gasteiger partial charge in [0.15, 0.2) is 4.32 Å². The van der Waals surface area contributed by atoms with Crippen molar-refractivity contribution in [2.75, 3.05) is 4.90 Å². The number of rotatable bonds is 4. The summed E-state index contributed by atoms with van der Waals surface area (Å²) in [5, 5.41) is 20.0. The highest BCUT2D eigenvalue weighted by atomic mass is 35.5. The van der Waals surface area contributed by atoms with E-state index in [0.717, 1.165) is 11.8 Å². The summed E-state index contributed by atoms with van der Waals surface area (Å²) < 4.78 is 0.276. The van der Waals surface area contributed by atoms with Gasteiger partial charge in [-0.05, 0) is 42.0 Å².